The number of rotatable bonds is 3. The molecule has 0 amide bonds. The van der Waals surface area contributed by atoms with Crippen LogP contribution in [0.5, 0.6) is 0 Å². The Morgan fingerprint density at radius 3 is 2.73 bits per heavy atom. The van der Waals surface area contributed by atoms with Crippen molar-refractivity contribution in [2.45, 2.75) is 19.3 Å². The third-order valence-corrected chi connectivity index (χ3v) is 2.81. The molecular formula is C11H14BrNO2. The Hall–Kier alpha value is -1.03. The van der Waals surface area contributed by atoms with Crippen LogP contribution < -0.4 is 5.73 Å². The van der Waals surface area contributed by atoms with Gasteiger partial charge in [0.2, 0.25) is 0 Å². The molecule has 3 nitrogen and oxygen atoms in total. The molecule has 1 aromatic carbocycles. The van der Waals surface area contributed by atoms with Gasteiger partial charge in [-0.05, 0) is 24.1 Å². The number of benzene rings is 1. The Morgan fingerprint density at radius 1 is 1.60 bits per heavy atom. The average molecular weight is 272 g/mol. The predicted octanol–water partition coefficient (Wildman–Crippen LogP) is 2.70. The Bertz CT molecular complexity index is 366. The Labute approximate surface area is 97.7 Å². The van der Waals surface area contributed by atoms with Gasteiger partial charge >= 0.3 is 5.97 Å². The smallest absolute Gasteiger partial charge is 0.313 e. The fourth-order valence-electron chi connectivity index (χ4n) is 1.52. The summed E-state index contributed by atoms with van der Waals surface area (Å²) < 4.78 is 5.64. The summed E-state index contributed by atoms with van der Waals surface area (Å²) in [7, 11) is 1.39. The van der Waals surface area contributed by atoms with Crippen LogP contribution in [0.4, 0.5) is 5.69 Å². The third-order valence-electron chi connectivity index (χ3n) is 2.32. The summed E-state index contributed by atoms with van der Waals surface area (Å²) in [5.41, 5.74) is 7.29. The van der Waals surface area contributed by atoms with E-state index in [1.807, 2.05) is 19.1 Å². The van der Waals surface area contributed by atoms with Crippen molar-refractivity contribution in [3.8, 4) is 0 Å². The maximum atomic E-state index is 11.5. The first-order valence-electron chi connectivity index (χ1n) is 4.72. The number of hydrogen-bond acceptors (Lipinski definition) is 3. The minimum atomic E-state index is -0.275. The highest BCUT2D eigenvalue weighted by Crippen LogP contribution is 2.28. The molecule has 0 fully saturated rings. The first-order valence-corrected chi connectivity index (χ1v) is 5.52. The van der Waals surface area contributed by atoms with Gasteiger partial charge in [-0.3, -0.25) is 4.79 Å². The quantitative estimate of drug-likeness (QED) is 0.680. The molecule has 0 bridgehead atoms. The van der Waals surface area contributed by atoms with Crippen molar-refractivity contribution in [2.75, 3.05) is 12.8 Å². The molecule has 4 heteroatoms. The summed E-state index contributed by atoms with van der Waals surface area (Å²) in [6.07, 6.45) is 0.679. The number of nitrogen functional groups attached to an aromatic ring is 1. The van der Waals surface area contributed by atoms with Gasteiger partial charge in [0.05, 0.1) is 13.0 Å². The van der Waals surface area contributed by atoms with E-state index in [9.17, 15) is 4.79 Å². The van der Waals surface area contributed by atoms with Crippen molar-refractivity contribution in [1.82, 2.24) is 0 Å². The van der Waals surface area contributed by atoms with Gasteiger partial charge in [0.25, 0.3) is 0 Å². The Morgan fingerprint density at radius 2 is 2.27 bits per heavy atom. The molecule has 0 aliphatic heterocycles. The molecule has 0 aliphatic rings. The van der Waals surface area contributed by atoms with Crippen LogP contribution in [0, 0.1) is 0 Å². The molecule has 2 N–H and O–H groups in total. The molecule has 1 rings (SSSR count). The largest absolute Gasteiger partial charge is 0.469 e. The van der Waals surface area contributed by atoms with Crippen molar-refractivity contribution in [3.63, 3.8) is 0 Å². The monoisotopic (exact) mass is 271 g/mol. The second-order valence-corrected chi connectivity index (χ2v) is 4.17. The lowest BCUT2D eigenvalue weighted by molar-refractivity contribution is -0.142. The van der Waals surface area contributed by atoms with Crippen LogP contribution >= 0.6 is 15.9 Å². The van der Waals surface area contributed by atoms with Crippen molar-refractivity contribution < 1.29 is 9.53 Å². The van der Waals surface area contributed by atoms with Crippen LogP contribution in [-0.4, -0.2) is 13.1 Å². The molecule has 1 unspecified atom stereocenters. The van der Waals surface area contributed by atoms with Crippen LogP contribution in [0.25, 0.3) is 0 Å². The molecule has 15 heavy (non-hydrogen) atoms. The number of methoxy groups -OCH3 is 1. The van der Waals surface area contributed by atoms with Gasteiger partial charge in [0.15, 0.2) is 0 Å². The van der Waals surface area contributed by atoms with Gasteiger partial charge in [0.1, 0.15) is 0 Å². The van der Waals surface area contributed by atoms with Crippen LogP contribution in [0.2, 0.25) is 0 Å². The fourth-order valence-corrected chi connectivity index (χ4v) is 1.90. The number of anilines is 1. The standard InChI is InChI=1S/C11H14BrNO2/c1-3-8(11(14)15-2)9-5-4-7(12)6-10(9)13/h4-6,8H,3,13H2,1-2H3. The molecule has 0 saturated heterocycles. The van der Waals surface area contributed by atoms with Crippen LogP contribution in [0.1, 0.15) is 24.8 Å². The van der Waals surface area contributed by atoms with E-state index in [4.69, 9.17) is 10.5 Å². The Kier molecular flexibility index (Phi) is 4.15. The van der Waals surface area contributed by atoms with Crippen molar-refractivity contribution >= 4 is 27.6 Å². The summed E-state index contributed by atoms with van der Waals surface area (Å²) in [4.78, 5) is 11.5. The van der Waals surface area contributed by atoms with Crippen LogP contribution in [0.3, 0.4) is 0 Å². The number of carbonyl (C=O) groups is 1. The number of halogens is 1. The first-order chi connectivity index (χ1) is 7.10. The molecule has 82 valence electrons. The van der Waals surface area contributed by atoms with E-state index >= 15 is 0 Å². The van der Waals surface area contributed by atoms with Gasteiger partial charge in [-0.1, -0.05) is 28.9 Å². The number of nitrogens with two attached hydrogens (primary N) is 1. The fraction of sp³-hybridized carbons (Fsp3) is 0.364. The summed E-state index contributed by atoms with van der Waals surface area (Å²) in [6, 6.07) is 5.52. The maximum absolute atomic E-state index is 11.5. The van der Waals surface area contributed by atoms with Crippen molar-refractivity contribution in [1.29, 1.82) is 0 Å². The van der Waals surface area contributed by atoms with E-state index in [2.05, 4.69) is 15.9 Å². The van der Waals surface area contributed by atoms with E-state index in [1.54, 1.807) is 6.07 Å². The molecule has 1 atom stereocenters. The van der Waals surface area contributed by atoms with Crippen molar-refractivity contribution in [3.05, 3.63) is 28.2 Å². The first kappa shape index (κ1) is 12.0. The molecule has 0 aliphatic carbocycles. The van der Waals surface area contributed by atoms with Gasteiger partial charge < -0.3 is 10.5 Å². The van der Waals surface area contributed by atoms with Gasteiger partial charge in [0, 0.05) is 10.2 Å². The lowest BCUT2D eigenvalue weighted by Crippen LogP contribution is -2.14. The highest BCUT2D eigenvalue weighted by molar-refractivity contribution is 9.10. The molecule has 0 saturated carbocycles. The zero-order valence-corrected chi connectivity index (χ0v) is 10.4. The number of esters is 1. The van der Waals surface area contributed by atoms with E-state index in [1.165, 1.54) is 7.11 Å². The molecule has 0 aromatic heterocycles. The zero-order chi connectivity index (χ0) is 11.4. The molecule has 0 spiro atoms. The van der Waals surface area contributed by atoms with E-state index < -0.39 is 0 Å². The summed E-state index contributed by atoms with van der Waals surface area (Å²) >= 11 is 3.33. The van der Waals surface area contributed by atoms with E-state index in [0.29, 0.717) is 12.1 Å². The van der Waals surface area contributed by atoms with E-state index in [-0.39, 0.29) is 11.9 Å². The molecule has 1 aromatic rings. The van der Waals surface area contributed by atoms with Gasteiger partial charge in [-0.15, -0.1) is 0 Å². The lowest BCUT2D eigenvalue weighted by Gasteiger charge is -2.15. The average Bonchev–Trinajstić information content (AvgIpc) is 2.21. The number of ether oxygens (including phenoxy) is 1. The number of hydrogen-bond donors (Lipinski definition) is 1. The third kappa shape index (κ3) is 2.72. The Balaban J connectivity index is 3.07. The second-order valence-electron chi connectivity index (χ2n) is 3.26. The van der Waals surface area contributed by atoms with E-state index in [0.717, 1.165) is 10.0 Å². The SMILES string of the molecule is CCC(C(=O)OC)c1ccc(Br)cc1N. The normalized spacial score (nSPS) is 12.2. The van der Waals surface area contributed by atoms with Gasteiger partial charge in [-0.2, -0.15) is 0 Å². The summed E-state index contributed by atoms with van der Waals surface area (Å²) in [6.45, 7) is 1.93. The van der Waals surface area contributed by atoms with Crippen molar-refractivity contribution in [2.24, 2.45) is 0 Å². The molecular weight excluding hydrogens is 258 g/mol. The second kappa shape index (κ2) is 5.16. The van der Waals surface area contributed by atoms with Crippen LogP contribution in [-0.2, 0) is 9.53 Å². The van der Waals surface area contributed by atoms with Gasteiger partial charge in [-0.25, -0.2) is 0 Å². The predicted molar refractivity (Wildman–Crippen MR) is 63.6 cm³/mol. The molecule has 0 radical (unpaired) electrons. The lowest BCUT2D eigenvalue weighted by atomic mass is 9.95. The minimum absolute atomic E-state index is 0.244. The summed E-state index contributed by atoms with van der Waals surface area (Å²) in [5, 5.41) is 0. The maximum Gasteiger partial charge on any atom is 0.313 e. The minimum Gasteiger partial charge on any atom is -0.469 e. The summed E-state index contributed by atoms with van der Waals surface area (Å²) in [5.74, 6) is -0.519. The zero-order valence-electron chi connectivity index (χ0n) is 8.79. The van der Waals surface area contributed by atoms with Crippen LogP contribution in [0.15, 0.2) is 22.7 Å². The number of carbonyl (C=O) groups excluding carboxylic acids is 1. The molecule has 0 heterocycles. The highest BCUT2D eigenvalue weighted by Gasteiger charge is 2.21. The highest BCUT2D eigenvalue weighted by atomic mass is 79.9. The topological polar surface area (TPSA) is 52.3 Å².